The van der Waals surface area contributed by atoms with Gasteiger partial charge in [-0.3, -0.25) is 0 Å². The molecule has 9 heavy (non-hydrogen) atoms. The van der Waals surface area contributed by atoms with Crippen molar-refractivity contribution in [3.8, 4) is 0 Å². The van der Waals surface area contributed by atoms with Crippen molar-refractivity contribution in [2.75, 3.05) is 6.26 Å². The van der Waals surface area contributed by atoms with Gasteiger partial charge in [0.05, 0.1) is 0 Å². The first-order chi connectivity index (χ1) is 4.33. The van der Waals surface area contributed by atoms with Crippen LogP contribution in [0.4, 0.5) is 4.39 Å². The Bertz CT molecular complexity index is 77.0. The summed E-state index contributed by atoms with van der Waals surface area (Å²) >= 11 is 1.88. The van der Waals surface area contributed by atoms with Crippen LogP contribution in [-0.2, 0) is 0 Å². The minimum Gasteiger partial charge on any atom is -0.247 e. The smallest absolute Gasteiger partial charge is 0.100 e. The van der Waals surface area contributed by atoms with Gasteiger partial charge in [-0.1, -0.05) is 0 Å². The molecule has 2 heteroatoms. The molecule has 1 saturated carbocycles. The zero-order valence-electron chi connectivity index (χ0n) is 5.77. The van der Waals surface area contributed by atoms with Crippen molar-refractivity contribution >= 4 is 11.8 Å². The summed E-state index contributed by atoms with van der Waals surface area (Å²) in [6, 6.07) is 0. The van der Waals surface area contributed by atoms with Gasteiger partial charge in [-0.25, -0.2) is 4.39 Å². The van der Waals surface area contributed by atoms with Crippen LogP contribution in [0.5, 0.6) is 0 Å². The highest BCUT2D eigenvalue weighted by Crippen LogP contribution is 2.27. The maximum Gasteiger partial charge on any atom is 0.100 e. The standard InChI is InChI=1S/C7H13FS/c1-9-7-4-2-6(8)3-5-7/h6-7H,2-5H2,1H3. The molecule has 0 amide bonds. The molecule has 0 aromatic carbocycles. The number of thioether (sulfide) groups is 1. The van der Waals surface area contributed by atoms with Crippen molar-refractivity contribution in [1.82, 2.24) is 0 Å². The second kappa shape index (κ2) is 3.45. The van der Waals surface area contributed by atoms with Gasteiger partial charge in [0.25, 0.3) is 0 Å². The Morgan fingerprint density at radius 1 is 1.22 bits per heavy atom. The second-order valence-corrected chi connectivity index (χ2v) is 3.75. The van der Waals surface area contributed by atoms with Crippen molar-refractivity contribution in [3.63, 3.8) is 0 Å². The molecule has 0 spiro atoms. The van der Waals surface area contributed by atoms with E-state index in [4.69, 9.17) is 0 Å². The van der Waals surface area contributed by atoms with E-state index in [1.807, 2.05) is 11.8 Å². The van der Waals surface area contributed by atoms with Gasteiger partial charge in [-0.05, 0) is 31.9 Å². The van der Waals surface area contributed by atoms with Crippen LogP contribution in [0.25, 0.3) is 0 Å². The lowest BCUT2D eigenvalue weighted by Crippen LogP contribution is -2.15. The molecule has 0 N–H and O–H groups in total. The molecule has 0 atom stereocenters. The van der Waals surface area contributed by atoms with Crippen LogP contribution in [0, 0.1) is 0 Å². The monoisotopic (exact) mass is 148 g/mol. The van der Waals surface area contributed by atoms with E-state index in [1.165, 1.54) is 0 Å². The highest BCUT2D eigenvalue weighted by molar-refractivity contribution is 7.99. The van der Waals surface area contributed by atoms with E-state index in [1.54, 1.807) is 0 Å². The number of rotatable bonds is 1. The number of alkyl halides is 1. The number of halogens is 1. The molecular weight excluding hydrogens is 135 g/mol. The van der Waals surface area contributed by atoms with Crippen molar-refractivity contribution in [3.05, 3.63) is 0 Å². The topological polar surface area (TPSA) is 0 Å². The van der Waals surface area contributed by atoms with Gasteiger partial charge in [-0.2, -0.15) is 11.8 Å². The van der Waals surface area contributed by atoms with E-state index >= 15 is 0 Å². The fourth-order valence-electron chi connectivity index (χ4n) is 1.26. The van der Waals surface area contributed by atoms with Crippen LogP contribution in [0.15, 0.2) is 0 Å². The fourth-order valence-corrected chi connectivity index (χ4v) is 2.00. The molecule has 0 nitrogen and oxygen atoms in total. The minimum atomic E-state index is -0.492. The maximum absolute atomic E-state index is 12.5. The molecule has 0 radical (unpaired) electrons. The van der Waals surface area contributed by atoms with Gasteiger partial charge in [0, 0.05) is 5.25 Å². The van der Waals surface area contributed by atoms with Gasteiger partial charge in [0.15, 0.2) is 0 Å². The Morgan fingerprint density at radius 2 is 1.78 bits per heavy atom. The third-order valence-corrected chi connectivity index (χ3v) is 3.08. The van der Waals surface area contributed by atoms with Crippen LogP contribution in [0.3, 0.4) is 0 Å². The van der Waals surface area contributed by atoms with E-state index in [0.29, 0.717) is 0 Å². The van der Waals surface area contributed by atoms with Crippen molar-refractivity contribution in [2.24, 2.45) is 0 Å². The molecule has 0 aromatic heterocycles. The maximum atomic E-state index is 12.5. The molecule has 54 valence electrons. The first-order valence-corrected chi connectivity index (χ1v) is 4.78. The summed E-state index contributed by atoms with van der Waals surface area (Å²) in [7, 11) is 0. The predicted octanol–water partition coefficient (Wildman–Crippen LogP) is 2.63. The summed E-state index contributed by atoms with van der Waals surface area (Å²) in [5, 5.41) is 0.747. The minimum absolute atomic E-state index is 0.492. The first kappa shape index (κ1) is 7.39. The summed E-state index contributed by atoms with van der Waals surface area (Å²) in [6.45, 7) is 0. The summed E-state index contributed by atoms with van der Waals surface area (Å²) in [5.74, 6) is 0. The van der Waals surface area contributed by atoms with Crippen molar-refractivity contribution < 1.29 is 4.39 Å². The SMILES string of the molecule is CSC1CCC(F)CC1. The fraction of sp³-hybridized carbons (Fsp3) is 1.00. The van der Waals surface area contributed by atoms with Gasteiger partial charge < -0.3 is 0 Å². The average Bonchev–Trinajstić information content (AvgIpc) is 1.90. The largest absolute Gasteiger partial charge is 0.247 e. The van der Waals surface area contributed by atoms with E-state index in [0.717, 1.165) is 30.9 Å². The molecule has 1 aliphatic carbocycles. The van der Waals surface area contributed by atoms with Crippen LogP contribution < -0.4 is 0 Å². The molecule has 1 aliphatic rings. The van der Waals surface area contributed by atoms with Gasteiger partial charge in [0.1, 0.15) is 6.17 Å². The van der Waals surface area contributed by atoms with Gasteiger partial charge >= 0.3 is 0 Å². The van der Waals surface area contributed by atoms with Crippen LogP contribution >= 0.6 is 11.8 Å². The zero-order chi connectivity index (χ0) is 6.69. The summed E-state index contributed by atoms with van der Waals surface area (Å²) in [4.78, 5) is 0. The van der Waals surface area contributed by atoms with E-state index in [-0.39, 0.29) is 0 Å². The average molecular weight is 148 g/mol. The zero-order valence-corrected chi connectivity index (χ0v) is 6.59. The van der Waals surface area contributed by atoms with E-state index in [2.05, 4.69) is 6.26 Å². The second-order valence-electron chi connectivity index (χ2n) is 2.61. The molecular formula is C7H13FS. The van der Waals surface area contributed by atoms with Crippen LogP contribution in [0.2, 0.25) is 0 Å². The van der Waals surface area contributed by atoms with Crippen LogP contribution in [0.1, 0.15) is 25.7 Å². The summed E-state index contributed by atoms with van der Waals surface area (Å²) in [5.41, 5.74) is 0. The third-order valence-electron chi connectivity index (χ3n) is 1.94. The Morgan fingerprint density at radius 3 is 2.22 bits per heavy atom. The third kappa shape index (κ3) is 2.17. The number of hydrogen-bond donors (Lipinski definition) is 0. The van der Waals surface area contributed by atoms with Gasteiger partial charge in [-0.15, -0.1) is 0 Å². The molecule has 0 aliphatic heterocycles. The first-order valence-electron chi connectivity index (χ1n) is 3.50. The molecule has 0 heterocycles. The Balaban J connectivity index is 2.18. The van der Waals surface area contributed by atoms with Crippen molar-refractivity contribution in [1.29, 1.82) is 0 Å². The normalized spacial score (nSPS) is 36.7. The number of hydrogen-bond acceptors (Lipinski definition) is 1. The van der Waals surface area contributed by atoms with E-state index < -0.39 is 6.17 Å². The molecule has 0 saturated heterocycles. The summed E-state index contributed by atoms with van der Waals surface area (Å²) in [6.07, 6.45) is 5.39. The lowest BCUT2D eigenvalue weighted by atomic mass is 9.99. The molecule has 0 unspecified atom stereocenters. The highest BCUT2D eigenvalue weighted by atomic mass is 32.2. The quantitative estimate of drug-likeness (QED) is 0.551. The van der Waals surface area contributed by atoms with Crippen molar-refractivity contribution in [2.45, 2.75) is 37.1 Å². The molecule has 1 fully saturated rings. The Kier molecular flexibility index (Phi) is 2.83. The van der Waals surface area contributed by atoms with E-state index in [9.17, 15) is 4.39 Å². The van der Waals surface area contributed by atoms with Gasteiger partial charge in [0.2, 0.25) is 0 Å². The summed E-state index contributed by atoms with van der Waals surface area (Å²) < 4.78 is 12.5. The molecule has 1 rings (SSSR count). The Hall–Kier alpha value is 0.280. The molecule has 0 bridgehead atoms. The predicted molar refractivity (Wildman–Crippen MR) is 40.7 cm³/mol. The lowest BCUT2D eigenvalue weighted by molar-refractivity contribution is 0.255. The molecule has 0 aromatic rings. The van der Waals surface area contributed by atoms with Crippen LogP contribution in [-0.4, -0.2) is 17.7 Å². The lowest BCUT2D eigenvalue weighted by Gasteiger charge is -2.21. The highest BCUT2D eigenvalue weighted by Gasteiger charge is 2.18. The Labute approximate surface area is 60.2 Å².